The lowest BCUT2D eigenvalue weighted by Gasteiger charge is -2.37. The van der Waals surface area contributed by atoms with Gasteiger partial charge >= 0.3 is 17.8 Å². The van der Waals surface area contributed by atoms with E-state index in [-0.39, 0.29) is 38.2 Å². The molecule has 1 aliphatic rings. The van der Waals surface area contributed by atoms with E-state index in [9.17, 15) is 27.9 Å². The van der Waals surface area contributed by atoms with Crippen molar-refractivity contribution in [2.75, 3.05) is 27.4 Å². The summed E-state index contributed by atoms with van der Waals surface area (Å²) in [6.45, 7) is -0.0405. The molecule has 3 N–H and O–H groups in total. The molecule has 3 aromatic carbocycles. The number of nitrogens with zero attached hydrogens (tertiary/aromatic N) is 5. The van der Waals surface area contributed by atoms with Gasteiger partial charge in [0.25, 0.3) is 0 Å². The van der Waals surface area contributed by atoms with Crippen LogP contribution in [0.5, 0.6) is 11.5 Å². The van der Waals surface area contributed by atoms with E-state index in [1.54, 1.807) is 32.7 Å². The molecule has 1 fully saturated rings. The first-order valence-corrected chi connectivity index (χ1v) is 17.7. The molecule has 0 bridgehead atoms. The molecule has 6 aromatic rings. The van der Waals surface area contributed by atoms with Gasteiger partial charge in [-0.05, 0) is 53.4 Å². The summed E-state index contributed by atoms with van der Waals surface area (Å²) < 4.78 is 64.1. The second-order valence-electron chi connectivity index (χ2n) is 13.1. The van der Waals surface area contributed by atoms with Crippen molar-refractivity contribution in [1.29, 1.82) is 0 Å². The van der Waals surface area contributed by atoms with Crippen LogP contribution in [0.25, 0.3) is 22.4 Å². The van der Waals surface area contributed by atoms with E-state index in [0.29, 0.717) is 28.3 Å². The summed E-state index contributed by atoms with van der Waals surface area (Å²) in [7, 11) is 3.19. The predicted octanol–water partition coefficient (Wildman–Crippen LogP) is 4.73. The van der Waals surface area contributed by atoms with Crippen molar-refractivity contribution >= 4 is 16.9 Å². The zero-order chi connectivity index (χ0) is 39.5. The van der Waals surface area contributed by atoms with Gasteiger partial charge in [-0.25, -0.2) is 4.79 Å². The highest BCUT2D eigenvalue weighted by atomic mass is 19.4. The van der Waals surface area contributed by atoms with Crippen molar-refractivity contribution in [3.8, 4) is 22.9 Å². The molecule has 3 aromatic heterocycles. The number of amides is 1. The van der Waals surface area contributed by atoms with E-state index < -0.39 is 41.8 Å². The van der Waals surface area contributed by atoms with Crippen LogP contribution in [0.1, 0.15) is 35.8 Å². The zero-order valence-electron chi connectivity index (χ0n) is 30.3. The molecule has 17 heteroatoms. The Balaban J connectivity index is 1.10. The number of hydrogen-bond acceptors (Lipinski definition) is 10. The topological polar surface area (TPSA) is 168 Å². The van der Waals surface area contributed by atoms with Gasteiger partial charge in [-0.2, -0.15) is 18.2 Å². The lowest BCUT2D eigenvalue weighted by Crippen LogP contribution is -2.38. The van der Waals surface area contributed by atoms with Gasteiger partial charge in [-0.3, -0.25) is 14.0 Å². The predicted molar refractivity (Wildman–Crippen MR) is 196 cm³/mol. The third-order valence-corrected chi connectivity index (χ3v) is 9.61. The number of aromatic amines is 1. The molecule has 1 aliphatic heterocycles. The molecule has 292 valence electrons. The fourth-order valence-electron chi connectivity index (χ4n) is 6.74. The molecule has 0 unspecified atom stereocenters. The number of aromatic nitrogens is 6. The number of aryl methyl sites for hydroxylation is 1. The molecule has 7 rings (SSSR count). The molecule has 1 amide bonds. The normalized spacial score (nSPS) is 17.3. The first kappa shape index (κ1) is 38.2. The minimum Gasteiger partial charge on any atom is -0.497 e. The SMILES string of the molecule is COc1ccc(C(OC[C@H]2O[C@@H](n3cc4cc(-c5cn(CCCNC(=O)C(F)(F)F)nn5)[nH]c4nc3=O)C[C@@H]2O)(c2ccccc2)c2ccc(OC)cc2)cc1. The summed E-state index contributed by atoms with van der Waals surface area (Å²) >= 11 is 0. The fourth-order valence-corrected chi connectivity index (χ4v) is 6.74. The summed E-state index contributed by atoms with van der Waals surface area (Å²) in [6.07, 6.45) is -4.15. The molecule has 14 nitrogen and oxygen atoms in total. The number of aliphatic hydroxyl groups is 1. The van der Waals surface area contributed by atoms with Crippen molar-refractivity contribution < 1.29 is 42.0 Å². The number of nitrogens with one attached hydrogen (secondary N) is 2. The van der Waals surface area contributed by atoms with Gasteiger partial charge < -0.3 is 34.4 Å². The smallest absolute Gasteiger partial charge is 0.471 e. The average molecular weight is 774 g/mol. The van der Waals surface area contributed by atoms with Crippen LogP contribution in [-0.2, 0) is 26.4 Å². The molecule has 3 atom stereocenters. The van der Waals surface area contributed by atoms with Crippen LogP contribution in [0.4, 0.5) is 13.2 Å². The van der Waals surface area contributed by atoms with E-state index in [2.05, 4.69) is 20.3 Å². The minimum atomic E-state index is -4.95. The summed E-state index contributed by atoms with van der Waals surface area (Å²) in [5.74, 6) is -0.652. The van der Waals surface area contributed by atoms with Crippen LogP contribution in [-0.4, -0.2) is 86.3 Å². The molecule has 56 heavy (non-hydrogen) atoms. The zero-order valence-corrected chi connectivity index (χ0v) is 30.3. The first-order valence-electron chi connectivity index (χ1n) is 17.7. The highest BCUT2D eigenvalue weighted by molar-refractivity contribution is 5.82. The summed E-state index contributed by atoms with van der Waals surface area (Å²) in [4.78, 5) is 31.6. The molecule has 4 heterocycles. The fraction of sp³-hybridized carbons (Fsp3) is 0.308. The monoisotopic (exact) mass is 773 g/mol. The number of fused-ring (bicyclic) bond motifs is 1. The number of alkyl halides is 3. The molecule has 0 aliphatic carbocycles. The Morgan fingerprint density at radius 1 is 0.964 bits per heavy atom. The number of benzene rings is 3. The number of carbonyl (C=O) groups is 1. The van der Waals surface area contributed by atoms with Crippen molar-refractivity contribution in [1.82, 2.24) is 34.8 Å². The standard InChI is InChI=1S/C39H38F3N7O7/c1-53-28-13-9-26(10-14-28)38(25-7-4-3-5-8-25,27-11-15-29(54-2)16-12-27)55-23-33-32(50)20-34(56-33)49-21-24-19-30(44-35(24)45-37(49)52)31-22-48(47-46-31)18-6-17-43-36(51)39(40,41)42/h3-5,7-16,19,21-22,32-34,50H,6,17-18,20,23H2,1-2H3,(H,43,51)(H,44,45,52)/t32-,33+,34+/m0/s1. The third-order valence-electron chi connectivity index (χ3n) is 9.61. The van der Waals surface area contributed by atoms with Crippen molar-refractivity contribution in [2.45, 2.75) is 49.6 Å². The average Bonchev–Trinajstić information content (AvgIpc) is 3.95. The largest absolute Gasteiger partial charge is 0.497 e. The quantitative estimate of drug-likeness (QED) is 0.104. The molecule has 0 spiro atoms. The molecule has 1 saturated heterocycles. The van der Waals surface area contributed by atoms with Crippen LogP contribution >= 0.6 is 0 Å². The number of ether oxygens (including phenoxy) is 4. The second-order valence-corrected chi connectivity index (χ2v) is 13.1. The highest BCUT2D eigenvalue weighted by Gasteiger charge is 2.42. The van der Waals surface area contributed by atoms with Crippen LogP contribution in [0.2, 0.25) is 0 Å². The lowest BCUT2D eigenvalue weighted by molar-refractivity contribution is -0.173. The van der Waals surface area contributed by atoms with Crippen LogP contribution < -0.4 is 20.5 Å². The Morgan fingerprint density at radius 3 is 2.23 bits per heavy atom. The Hall–Kier alpha value is -6.04. The van der Waals surface area contributed by atoms with E-state index in [1.165, 1.54) is 9.25 Å². The summed E-state index contributed by atoms with van der Waals surface area (Å²) in [6, 6.07) is 26.6. The van der Waals surface area contributed by atoms with Gasteiger partial charge in [0.2, 0.25) is 0 Å². The number of hydrogen-bond donors (Lipinski definition) is 3. The van der Waals surface area contributed by atoms with E-state index in [0.717, 1.165) is 16.7 Å². The number of halogens is 3. The Bertz CT molecular complexity index is 2280. The Morgan fingerprint density at radius 2 is 1.61 bits per heavy atom. The first-order chi connectivity index (χ1) is 27.0. The van der Waals surface area contributed by atoms with Crippen molar-refractivity contribution in [3.63, 3.8) is 0 Å². The maximum absolute atomic E-state index is 13.3. The van der Waals surface area contributed by atoms with Gasteiger partial charge in [-0.1, -0.05) is 59.8 Å². The number of H-pyrrole nitrogens is 1. The minimum absolute atomic E-state index is 0.0479. The third kappa shape index (κ3) is 7.87. The molecule has 0 saturated carbocycles. The highest BCUT2D eigenvalue weighted by Crippen LogP contribution is 2.43. The lowest BCUT2D eigenvalue weighted by atomic mass is 9.80. The summed E-state index contributed by atoms with van der Waals surface area (Å²) in [5.41, 5.74) is 1.88. The van der Waals surface area contributed by atoms with Crippen LogP contribution in [0.3, 0.4) is 0 Å². The van der Waals surface area contributed by atoms with Gasteiger partial charge in [0.1, 0.15) is 40.8 Å². The van der Waals surface area contributed by atoms with E-state index in [4.69, 9.17) is 18.9 Å². The number of aliphatic hydroxyl groups excluding tert-OH is 1. The number of methoxy groups -OCH3 is 2. The number of carbonyl (C=O) groups excluding carboxylic acids is 1. The Kier molecular flexibility index (Phi) is 10.9. The maximum atomic E-state index is 13.3. The summed E-state index contributed by atoms with van der Waals surface area (Å²) in [5, 5.41) is 21.8. The van der Waals surface area contributed by atoms with Crippen molar-refractivity contribution in [3.05, 3.63) is 124 Å². The molecular formula is C39H38F3N7O7. The van der Waals surface area contributed by atoms with Gasteiger partial charge in [0.15, 0.2) is 0 Å². The van der Waals surface area contributed by atoms with Gasteiger partial charge in [0.05, 0.1) is 38.8 Å². The van der Waals surface area contributed by atoms with E-state index in [1.807, 2.05) is 84.2 Å². The van der Waals surface area contributed by atoms with Gasteiger partial charge in [0, 0.05) is 31.1 Å². The molecule has 0 radical (unpaired) electrons. The Labute approximate surface area is 317 Å². The van der Waals surface area contributed by atoms with Crippen LogP contribution in [0, 0.1) is 0 Å². The number of rotatable bonds is 14. The maximum Gasteiger partial charge on any atom is 0.471 e. The van der Waals surface area contributed by atoms with Crippen LogP contribution in [0.15, 0.2) is 102 Å². The second kappa shape index (κ2) is 16.0. The van der Waals surface area contributed by atoms with E-state index >= 15 is 0 Å². The van der Waals surface area contributed by atoms with Gasteiger partial charge in [-0.15, -0.1) is 5.10 Å². The van der Waals surface area contributed by atoms with Crippen molar-refractivity contribution in [2.24, 2.45) is 0 Å². The molecular weight excluding hydrogens is 735 g/mol.